The van der Waals surface area contributed by atoms with Crippen molar-refractivity contribution < 1.29 is 28.9 Å². The van der Waals surface area contributed by atoms with Crippen molar-refractivity contribution in [2.45, 2.75) is 48.3 Å². The number of hydrogen-bond acceptors (Lipinski definition) is 9. The molecule has 0 spiro atoms. The third-order valence-corrected chi connectivity index (χ3v) is 8.28. The number of rotatable bonds is 9. The van der Waals surface area contributed by atoms with Crippen molar-refractivity contribution in [3.05, 3.63) is 35.9 Å². The molecular weight excluding hydrogens is 428 g/mol. The van der Waals surface area contributed by atoms with Crippen LogP contribution in [0.15, 0.2) is 30.3 Å². The van der Waals surface area contributed by atoms with Gasteiger partial charge in [-0.3, -0.25) is 0 Å². The molecule has 0 aliphatic carbocycles. The van der Waals surface area contributed by atoms with E-state index in [1.165, 1.54) is 11.9 Å². The molecule has 2 atom stereocenters. The molecule has 0 amide bonds. The van der Waals surface area contributed by atoms with Crippen molar-refractivity contribution in [3.63, 3.8) is 0 Å². The highest BCUT2D eigenvalue weighted by Crippen LogP contribution is 2.49. The van der Waals surface area contributed by atoms with Crippen molar-refractivity contribution in [3.8, 4) is 0 Å². The van der Waals surface area contributed by atoms with E-state index in [1.807, 2.05) is 30.3 Å². The molecule has 8 nitrogen and oxygen atoms in total. The molecule has 0 saturated carbocycles. The molecule has 0 bridgehead atoms. The van der Waals surface area contributed by atoms with E-state index < -0.39 is 21.3 Å². The summed E-state index contributed by atoms with van der Waals surface area (Å²) in [5.41, 5.74) is 0.846. The van der Waals surface area contributed by atoms with Crippen LogP contribution in [0.4, 0.5) is 4.79 Å². The summed E-state index contributed by atoms with van der Waals surface area (Å²) in [7, 11) is 3.10. The highest BCUT2D eigenvalue weighted by molar-refractivity contribution is 8.15. The number of benzene rings is 1. The van der Waals surface area contributed by atoms with Crippen LogP contribution < -0.4 is 5.32 Å². The molecule has 166 valence electrons. The van der Waals surface area contributed by atoms with E-state index in [9.17, 15) is 14.7 Å². The lowest BCUT2D eigenvalue weighted by atomic mass is 10.2. The van der Waals surface area contributed by atoms with Gasteiger partial charge in [-0.2, -0.15) is 0 Å². The molecule has 0 aromatic heterocycles. The Hall–Kier alpha value is -1.30. The van der Waals surface area contributed by atoms with Crippen molar-refractivity contribution in [2.75, 3.05) is 27.3 Å². The molecule has 2 aliphatic rings. The zero-order valence-corrected chi connectivity index (χ0v) is 18.8. The summed E-state index contributed by atoms with van der Waals surface area (Å²) in [6.07, 6.45) is 2.81. The standard InChI is InChI=1S/C20H28N2O6S2/c1-26-20(27-2,16-10-6-12-21-16)30-22-13-7-11-19(22,17(23)24)29-18(25)28-14-15-8-4-3-5-9-15/h3-5,8-9,16,21H,6-7,10-14H2,1-2H3,(H,23,24)/t16-,19+/m0/s1. The molecule has 3 rings (SSSR count). The lowest BCUT2D eigenvalue weighted by Gasteiger charge is -2.41. The summed E-state index contributed by atoms with van der Waals surface area (Å²) >= 11 is 1.91. The van der Waals surface area contributed by atoms with Gasteiger partial charge in [0.2, 0.25) is 5.12 Å². The number of hydrogen-bond donors (Lipinski definition) is 2. The fraction of sp³-hybridized carbons (Fsp3) is 0.600. The number of methoxy groups -OCH3 is 2. The highest BCUT2D eigenvalue weighted by Gasteiger charge is 2.56. The maximum atomic E-state index is 12.6. The molecule has 2 heterocycles. The summed E-state index contributed by atoms with van der Waals surface area (Å²) in [6.45, 7) is 1.45. The normalized spacial score (nSPS) is 24.8. The van der Waals surface area contributed by atoms with E-state index in [2.05, 4.69) is 5.32 Å². The smallest absolute Gasteiger partial charge is 0.370 e. The van der Waals surface area contributed by atoms with E-state index in [-0.39, 0.29) is 12.6 Å². The zero-order valence-electron chi connectivity index (χ0n) is 17.2. The predicted molar refractivity (Wildman–Crippen MR) is 116 cm³/mol. The van der Waals surface area contributed by atoms with E-state index in [1.54, 1.807) is 18.5 Å². The third-order valence-electron chi connectivity index (χ3n) is 5.36. The highest BCUT2D eigenvalue weighted by atomic mass is 32.2. The minimum Gasteiger partial charge on any atom is -0.479 e. The van der Waals surface area contributed by atoms with Gasteiger partial charge in [0.15, 0.2) is 4.87 Å². The largest absolute Gasteiger partial charge is 0.479 e. The molecule has 10 heteroatoms. The first-order valence-corrected chi connectivity index (χ1v) is 11.5. The minimum absolute atomic E-state index is 0.0837. The fourth-order valence-electron chi connectivity index (χ4n) is 3.78. The monoisotopic (exact) mass is 456 g/mol. The number of aliphatic carboxylic acids is 1. The van der Waals surface area contributed by atoms with Gasteiger partial charge >= 0.3 is 11.3 Å². The topological polar surface area (TPSA) is 97.3 Å². The maximum absolute atomic E-state index is 12.6. The molecular formula is C20H28N2O6S2. The van der Waals surface area contributed by atoms with Gasteiger partial charge < -0.3 is 24.6 Å². The Morgan fingerprint density at radius 3 is 2.60 bits per heavy atom. The van der Waals surface area contributed by atoms with Crippen LogP contribution in [0.2, 0.25) is 0 Å². The average molecular weight is 457 g/mol. The summed E-state index contributed by atoms with van der Waals surface area (Å²) in [5, 5.41) is 11.8. The minimum atomic E-state index is -1.45. The number of ether oxygens (including phenoxy) is 3. The Labute approximate surface area is 185 Å². The molecule has 1 aromatic rings. The van der Waals surface area contributed by atoms with E-state index in [0.717, 1.165) is 24.9 Å². The average Bonchev–Trinajstić information content (AvgIpc) is 3.43. The predicted octanol–water partition coefficient (Wildman–Crippen LogP) is 3.28. The molecule has 1 aromatic carbocycles. The second-order valence-electron chi connectivity index (χ2n) is 7.17. The van der Waals surface area contributed by atoms with Crippen LogP contribution in [0.25, 0.3) is 0 Å². The zero-order chi connectivity index (χ0) is 21.6. The van der Waals surface area contributed by atoms with Gasteiger partial charge in [0, 0.05) is 20.8 Å². The number of thioether (sulfide) groups is 1. The van der Waals surface area contributed by atoms with Gasteiger partial charge in [0.1, 0.15) is 6.61 Å². The van der Waals surface area contributed by atoms with Gasteiger partial charge in [0.25, 0.3) is 0 Å². The molecule has 0 unspecified atom stereocenters. The second-order valence-corrected chi connectivity index (χ2v) is 9.58. The number of nitrogens with one attached hydrogen (secondary N) is 1. The summed E-state index contributed by atoms with van der Waals surface area (Å²) in [4.78, 5) is 23.5. The number of nitrogens with zero attached hydrogens (tertiary/aromatic N) is 1. The van der Waals surface area contributed by atoms with Crippen LogP contribution in [-0.4, -0.2) is 64.0 Å². The van der Waals surface area contributed by atoms with Crippen molar-refractivity contribution in [1.82, 2.24) is 9.62 Å². The number of carbonyl (C=O) groups excluding carboxylic acids is 1. The second kappa shape index (κ2) is 10.3. The Morgan fingerprint density at radius 2 is 2.00 bits per heavy atom. The number of carboxylic acid groups (broad SMARTS) is 1. The van der Waals surface area contributed by atoms with Gasteiger partial charge in [-0.25, -0.2) is 13.9 Å². The number of carbonyl (C=O) groups is 2. The van der Waals surface area contributed by atoms with Crippen molar-refractivity contribution >= 4 is 35.0 Å². The summed E-state index contributed by atoms with van der Waals surface area (Å²) in [6, 6.07) is 9.21. The van der Waals surface area contributed by atoms with Crippen LogP contribution in [-0.2, 0) is 25.6 Å². The van der Waals surface area contributed by atoms with Gasteiger partial charge in [-0.05, 0) is 61.5 Å². The van der Waals surface area contributed by atoms with Crippen molar-refractivity contribution in [2.24, 2.45) is 0 Å². The molecule has 2 N–H and O–H groups in total. The quantitative estimate of drug-likeness (QED) is 0.327. The van der Waals surface area contributed by atoms with Gasteiger partial charge in [-0.15, -0.1) is 0 Å². The SMILES string of the molecule is COC(OC)(SN1CCC[C@@]1(SC(=O)OCc1ccccc1)C(=O)O)[C@@H]1CCCN1. The Kier molecular flexibility index (Phi) is 8.05. The molecule has 2 aliphatic heterocycles. The van der Waals surface area contributed by atoms with Crippen LogP contribution >= 0.6 is 23.7 Å². The Bertz CT molecular complexity index is 727. The van der Waals surface area contributed by atoms with E-state index in [4.69, 9.17) is 14.2 Å². The molecule has 2 fully saturated rings. The molecule has 30 heavy (non-hydrogen) atoms. The molecule has 2 saturated heterocycles. The molecule has 0 radical (unpaired) electrons. The fourth-order valence-corrected chi connectivity index (χ4v) is 6.24. The third kappa shape index (κ3) is 4.95. The Morgan fingerprint density at radius 1 is 1.27 bits per heavy atom. The van der Waals surface area contributed by atoms with Crippen LogP contribution in [0.3, 0.4) is 0 Å². The summed E-state index contributed by atoms with van der Waals surface area (Å²) < 4.78 is 18.5. The van der Waals surface area contributed by atoms with Gasteiger partial charge in [-0.1, -0.05) is 30.3 Å². The van der Waals surface area contributed by atoms with E-state index >= 15 is 0 Å². The Balaban J connectivity index is 1.73. The van der Waals surface area contributed by atoms with Crippen LogP contribution in [0.5, 0.6) is 0 Å². The van der Waals surface area contributed by atoms with Crippen molar-refractivity contribution in [1.29, 1.82) is 0 Å². The summed E-state index contributed by atoms with van der Waals surface area (Å²) in [5.74, 6) is -1.07. The van der Waals surface area contributed by atoms with Gasteiger partial charge in [0.05, 0.1) is 6.04 Å². The first-order chi connectivity index (χ1) is 14.5. The van der Waals surface area contributed by atoms with E-state index in [0.29, 0.717) is 31.1 Å². The van der Waals surface area contributed by atoms with Crippen LogP contribution in [0, 0.1) is 0 Å². The lowest BCUT2D eigenvalue weighted by Crippen LogP contribution is -2.54. The first-order valence-electron chi connectivity index (χ1n) is 9.89. The number of carboxylic acids is 1. The lowest BCUT2D eigenvalue weighted by molar-refractivity contribution is -0.154. The van der Waals surface area contributed by atoms with Crippen LogP contribution in [0.1, 0.15) is 31.2 Å². The maximum Gasteiger partial charge on any atom is 0.370 e. The first kappa shape index (κ1) is 23.4.